The van der Waals surface area contributed by atoms with E-state index in [2.05, 4.69) is 4.98 Å². The Morgan fingerprint density at radius 3 is 2.70 bits per heavy atom. The van der Waals surface area contributed by atoms with E-state index in [9.17, 15) is 5.11 Å². The number of ether oxygens (including phenoxy) is 1. The quantitative estimate of drug-likeness (QED) is 0.784. The zero-order valence-electron chi connectivity index (χ0n) is 11.0. The van der Waals surface area contributed by atoms with Crippen molar-refractivity contribution in [2.24, 2.45) is 0 Å². The highest BCUT2D eigenvalue weighted by atomic mass is 16.5. The molecule has 3 nitrogen and oxygen atoms in total. The number of fused-ring (bicyclic) bond motifs is 1. The molecular weight excluding hydrogens is 250 g/mol. The van der Waals surface area contributed by atoms with Crippen LogP contribution in [-0.2, 0) is 6.42 Å². The normalized spacial score (nSPS) is 10.6. The van der Waals surface area contributed by atoms with E-state index >= 15 is 0 Å². The van der Waals surface area contributed by atoms with Gasteiger partial charge in [-0.05, 0) is 42.0 Å². The summed E-state index contributed by atoms with van der Waals surface area (Å²) in [5, 5.41) is 10.3. The molecule has 2 aromatic carbocycles. The first-order valence-electron chi connectivity index (χ1n) is 6.57. The molecule has 0 saturated heterocycles. The summed E-state index contributed by atoms with van der Waals surface area (Å²) in [4.78, 5) is 4.28. The van der Waals surface area contributed by atoms with Crippen molar-refractivity contribution in [3.63, 3.8) is 0 Å². The largest absolute Gasteiger partial charge is 0.508 e. The monoisotopic (exact) mass is 265 g/mol. The van der Waals surface area contributed by atoms with E-state index in [-0.39, 0.29) is 5.75 Å². The maximum Gasteiger partial charge on any atom is 0.120 e. The minimum Gasteiger partial charge on any atom is -0.508 e. The van der Waals surface area contributed by atoms with Gasteiger partial charge in [0.15, 0.2) is 0 Å². The van der Waals surface area contributed by atoms with Gasteiger partial charge in [0.25, 0.3) is 0 Å². The minimum atomic E-state index is 0.289. The van der Waals surface area contributed by atoms with Crippen LogP contribution in [0.25, 0.3) is 10.9 Å². The van der Waals surface area contributed by atoms with Gasteiger partial charge in [-0.3, -0.25) is 4.98 Å². The van der Waals surface area contributed by atoms with Gasteiger partial charge in [0, 0.05) is 18.0 Å². The molecule has 0 aliphatic heterocycles. The number of benzene rings is 2. The Morgan fingerprint density at radius 1 is 1.00 bits per heavy atom. The SMILES string of the molecule is Oc1ccc(CCOc2ccc3ncccc3c2)cc1. The van der Waals surface area contributed by atoms with E-state index in [0.29, 0.717) is 6.61 Å². The van der Waals surface area contributed by atoms with Crippen molar-refractivity contribution in [2.75, 3.05) is 6.61 Å². The number of nitrogens with zero attached hydrogens (tertiary/aromatic N) is 1. The van der Waals surface area contributed by atoms with Gasteiger partial charge in [-0.2, -0.15) is 0 Å². The van der Waals surface area contributed by atoms with Crippen LogP contribution in [0.5, 0.6) is 11.5 Å². The van der Waals surface area contributed by atoms with Crippen molar-refractivity contribution < 1.29 is 9.84 Å². The summed E-state index contributed by atoms with van der Waals surface area (Å²) in [5.41, 5.74) is 2.11. The van der Waals surface area contributed by atoms with Gasteiger partial charge in [-0.25, -0.2) is 0 Å². The van der Waals surface area contributed by atoms with Gasteiger partial charge < -0.3 is 9.84 Å². The highest BCUT2D eigenvalue weighted by Crippen LogP contribution is 2.19. The van der Waals surface area contributed by atoms with Gasteiger partial charge in [-0.1, -0.05) is 18.2 Å². The molecule has 0 amide bonds. The molecule has 0 radical (unpaired) electrons. The Morgan fingerprint density at radius 2 is 1.85 bits per heavy atom. The summed E-state index contributed by atoms with van der Waals surface area (Å²) in [6, 6.07) is 17.0. The predicted molar refractivity (Wildman–Crippen MR) is 79.0 cm³/mol. The van der Waals surface area contributed by atoms with E-state index in [1.165, 1.54) is 0 Å². The average Bonchev–Trinajstić information content (AvgIpc) is 2.49. The van der Waals surface area contributed by atoms with Crippen molar-refractivity contribution in [2.45, 2.75) is 6.42 Å². The van der Waals surface area contributed by atoms with Crippen LogP contribution in [0, 0.1) is 0 Å². The summed E-state index contributed by atoms with van der Waals surface area (Å²) in [6.07, 6.45) is 2.60. The molecule has 0 spiro atoms. The number of rotatable bonds is 4. The second-order valence-electron chi connectivity index (χ2n) is 4.62. The number of phenolic OH excluding ortho intramolecular Hbond substituents is 1. The molecule has 0 fully saturated rings. The molecule has 1 heterocycles. The van der Waals surface area contributed by atoms with Gasteiger partial charge in [-0.15, -0.1) is 0 Å². The third-order valence-corrected chi connectivity index (χ3v) is 3.17. The first-order valence-corrected chi connectivity index (χ1v) is 6.57. The lowest BCUT2D eigenvalue weighted by atomic mass is 10.1. The number of hydrogen-bond acceptors (Lipinski definition) is 3. The first kappa shape index (κ1) is 12.5. The molecule has 0 aliphatic carbocycles. The fourth-order valence-electron chi connectivity index (χ4n) is 2.09. The van der Waals surface area contributed by atoms with Crippen molar-refractivity contribution in [1.29, 1.82) is 0 Å². The van der Waals surface area contributed by atoms with Crippen LogP contribution in [0.15, 0.2) is 60.8 Å². The van der Waals surface area contributed by atoms with Crippen LogP contribution in [0.2, 0.25) is 0 Å². The van der Waals surface area contributed by atoms with Crippen LogP contribution in [0.4, 0.5) is 0 Å². The first-order chi connectivity index (χ1) is 9.81. The van der Waals surface area contributed by atoms with Crippen LogP contribution in [0.3, 0.4) is 0 Å². The Balaban J connectivity index is 1.63. The zero-order valence-corrected chi connectivity index (χ0v) is 11.0. The lowest BCUT2D eigenvalue weighted by molar-refractivity contribution is 0.322. The van der Waals surface area contributed by atoms with Crippen LogP contribution in [0.1, 0.15) is 5.56 Å². The number of hydrogen-bond donors (Lipinski definition) is 1. The van der Waals surface area contributed by atoms with Crippen LogP contribution < -0.4 is 4.74 Å². The Labute approximate surface area is 117 Å². The topological polar surface area (TPSA) is 42.4 Å². The lowest BCUT2D eigenvalue weighted by Crippen LogP contribution is -2.01. The predicted octanol–water partition coefficient (Wildman–Crippen LogP) is 3.56. The van der Waals surface area contributed by atoms with Crippen molar-refractivity contribution in [1.82, 2.24) is 4.98 Å². The van der Waals surface area contributed by atoms with Crippen molar-refractivity contribution in [3.8, 4) is 11.5 Å². The molecule has 100 valence electrons. The second kappa shape index (κ2) is 5.61. The molecule has 0 unspecified atom stereocenters. The number of aromatic nitrogens is 1. The van der Waals surface area contributed by atoms with Crippen molar-refractivity contribution >= 4 is 10.9 Å². The van der Waals surface area contributed by atoms with Crippen molar-refractivity contribution in [3.05, 3.63) is 66.4 Å². The number of pyridine rings is 1. The lowest BCUT2D eigenvalue weighted by Gasteiger charge is -2.07. The van der Waals surface area contributed by atoms with E-state index in [0.717, 1.165) is 28.6 Å². The Bertz CT molecular complexity index is 708. The fraction of sp³-hybridized carbons (Fsp3) is 0.118. The second-order valence-corrected chi connectivity index (χ2v) is 4.62. The Hall–Kier alpha value is -2.55. The molecule has 0 aliphatic rings. The summed E-state index contributed by atoms with van der Waals surface area (Å²) >= 11 is 0. The van der Waals surface area contributed by atoms with E-state index in [1.54, 1.807) is 18.3 Å². The molecule has 0 bridgehead atoms. The van der Waals surface area contributed by atoms with Gasteiger partial charge in [0.05, 0.1) is 12.1 Å². The molecule has 0 atom stereocenters. The molecular formula is C17H15NO2. The van der Waals surface area contributed by atoms with E-state index in [4.69, 9.17) is 4.74 Å². The molecule has 20 heavy (non-hydrogen) atoms. The third kappa shape index (κ3) is 2.88. The standard InChI is InChI=1S/C17H15NO2/c19-15-5-3-13(4-6-15)9-11-20-16-7-8-17-14(12-16)2-1-10-18-17/h1-8,10,12,19H,9,11H2. The molecule has 3 heteroatoms. The molecule has 0 saturated carbocycles. The van der Waals surface area contributed by atoms with Gasteiger partial charge >= 0.3 is 0 Å². The van der Waals surface area contributed by atoms with Gasteiger partial charge in [0.1, 0.15) is 11.5 Å². The summed E-state index contributed by atoms with van der Waals surface area (Å²) < 4.78 is 5.76. The number of aromatic hydroxyl groups is 1. The van der Waals surface area contributed by atoms with Crippen LogP contribution in [-0.4, -0.2) is 16.7 Å². The summed E-state index contributed by atoms with van der Waals surface area (Å²) in [6.45, 7) is 0.608. The highest BCUT2D eigenvalue weighted by molar-refractivity contribution is 5.79. The molecule has 1 N–H and O–H groups in total. The Kier molecular flexibility index (Phi) is 3.50. The van der Waals surface area contributed by atoms with Crippen LogP contribution >= 0.6 is 0 Å². The highest BCUT2D eigenvalue weighted by Gasteiger charge is 1.99. The summed E-state index contributed by atoms with van der Waals surface area (Å²) in [7, 11) is 0. The minimum absolute atomic E-state index is 0.289. The zero-order chi connectivity index (χ0) is 13.8. The maximum absolute atomic E-state index is 9.22. The fourth-order valence-corrected chi connectivity index (χ4v) is 2.09. The molecule has 3 aromatic rings. The van der Waals surface area contributed by atoms with E-state index in [1.807, 2.05) is 42.5 Å². The number of phenols is 1. The molecule has 3 rings (SSSR count). The average molecular weight is 265 g/mol. The smallest absolute Gasteiger partial charge is 0.120 e. The van der Waals surface area contributed by atoms with E-state index < -0.39 is 0 Å². The maximum atomic E-state index is 9.22. The van der Waals surface area contributed by atoms with Gasteiger partial charge in [0.2, 0.25) is 0 Å². The molecule has 1 aromatic heterocycles. The third-order valence-electron chi connectivity index (χ3n) is 3.17. The summed E-state index contributed by atoms with van der Waals surface area (Å²) in [5.74, 6) is 1.14.